The van der Waals surface area contributed by atoms with Gasteiger partial charge in [0.25, 0.3) is 0 Å². The van der Waals surface area contributed by atoms with Crippen LogP contribution >= 0.6 is 15.9 Å². The number of nitrogens with one attached hydrogen (secondary N) is 1. The second-order valence-electron chi connectivity index (χ2n) is 5.22. The Labute approximate surface area is 126 Å². The van der Waals surface area contributed by atoms with Gasteiger partial charge in [-0.2, -0.15) is 5.10 Å². The van der Waals surface area contributed by atoms with Crippen LogP contribution in [0.1, 0.15) is 24.5 Å². The highest BCUT2D eigenvalue weighted by Crippen LogP contribution is 2.36. The molecule has 1 unspecified atom stereocenters. The SMILES string of the molecule is Cn1nc(C2CCCNC2)c(Br)c1-c1ccc(F)cc1. The number of nitrogens with zero attached hydrogens (tertiary/aromatic N) is 2. The zero-order valence-corrected chi connectivity index (χ0v) is 13.0. The maximum Gasteiger partial charge on any atom is 0.123 e. The predicted molar refractivity (Wildman–Crippen MR) is 81.1 cm³/mol. The molecule has 0 aliphatic carbocycles. The van der Waals surface area contributed by atoms with Crippen molar-refractivity contribution in [3.05, 3.63) is 40.2 Å². The van der Waals surface area contributed by atoms with Gasteiger partial charge in [0.05, 0.1) is 15.9 Å². The van der Waals surface area contributed by atoms with Gasteiger partial charge in [-0.25, -0.2) is 4.39 Å². The molecular formula is C15H17BrFN3. The Morgan fingerprint density at radius 3 is 2.75 bits per heavy atom. The summed E-state index contributed by atoms with van der Waals surface area (Å²) in [5, 5.41) is 8.09. The zero-order chi connectivity index (χ0) is 14.1. The van der Waals surface area contributed by atoms with Gasteiger partial charge >= 0.3 is 0 Å². The summed E-state index contributed by atoms with van der Waals surface area (Å²) in [4.78, 5) is 0. The van der Waals surface area contributed by atoms with E-state index in [1.165, 1.54) is 18.6 Å². The highest BCUT2D eigenvalue weighted by Gasteiger charge is 2.24. The van der Waals surface area contributed by atoms with Crippen LogP contribution in [-0.2, 0) is 7.05 Å². The monoisotopic (exact) mass is 337 g/mol. The number of piperidine rings is 1. The van der Waals surface area contributed by atoms with E-state index in [1.807, 2.05) is 11.7 Å². The Kier molecular flexibility index (Phi) is 3.89. The first kappa shape index (κ1) is 13.8. The van der Waals surface area contributed by atoms with E-state index >= 15 is 0 Å². The molecule has 1 N–H and O–H groups in total. The minimum absolute atomic E-state index is 0.219. The molecule has 20 heavy (non-hydrogen) atoms. The van der Waals surface area contributed by atoms with Gasteiger partial charge in [-0.3, -0.25) is 4.68 Å². The molecular weight excluding hydrogens is 321 g/mol. The number of benzene rings is 1. The van der Waals surface area contributed by atoms with E-state index in [-0.39, 0.29) is 5.82 Å². The van der Waals surface area contributed by atoms with Gasteiger partial charge < -0.3 is 5.32 Å². The fourth-order valence-corrected chi connectivity index (χ4v) is 3.67. The smallest absolute Gasteiger partial charge is 0.123 e. The number of aryl methyl sites for hydroxylation is 1. The van der Waals surface area contributed by atoms with Gasteiger partial charge in [-0.05, 0) is 59.6 Å². The van der Waals surface area contributed by atoms with E-state index in [4.69, 9.17) is 0 Å². The van der Waals surface area contributed by atoms with E-state index in [0.29, 0.717) is 5.92 Å². The molecule has 0 bridgehead atoms. The largest absolute Gasteiger partial charge is 0.316 e. The van der Waals surface area contributed by atoms with Crippen molar-refractivity contribution in [2.24, 2.45) is 7.05 Å². The number of hydrogen-bond acceptors (Lipinski definition) is 2. The van der Waals surface area contributed by atoms with Crippen LogP contribution in [0.3, 0.4) is 0 Å². The van der Waals surface area contributed by atoms with Crippen LogP contribution in [0.5, 0.6) is 0 Å². The van der Waals surface area contributed by atoms with Crippen molar-refractivity contribution >= 4 is 15.9 Å². The first-order valence-corrected chi connectivity index (χ1v) is 7.65. The predicted octanol–water partition coefficient (Wildman–Crippen LogP) is 3.46. The highest BCUT2D eigenvalue weighted by molar-refractivity contribution is 9.10. The fraction of sp³-hybridized carbons (Fsp3) is 0.400. The van der Waals surface area contributed by atoms with E-state index in [0.717, 1.165) is 40.9 Å². The van der Waals surface area contributed by atoms with Crippen LogP contribution in [0.15, 0.2) is 28.7 Å². The van der Waals surface area contributed by atoms with Crippen molar-refractivity contribution in [2.75, 3.05) is 13.1 Å². The molecule has 1 aliphatic rings. The summed E-state index contributed by atoms with van der Waals surface area (Å²) in [6, 6.07) is 6.55. The molecule has 3 rings (SSSR count). The second kappa shape index (κ2) is 5.66. The third kappa shape index (κ3) is 2.52. The lowest BCUT2D eigenvalue weighted by molar-refractivity contribution is 0.450. The maximum atomic E-state index is 13.1. The Balaban J connectivity index is 1.99. The number of halogens is 2. The topological polar surface area (TPSA) is 29.9 Å². The Morgan fingerprint density at radius 1 is 1.35 bits per heavy atom. The molecule has 1 saturated heterocycles. The van der Waals surface area contributed by atoms with E-state index < -0.39 is 0 Å². The summed E-state index contributed by atoms with van der Waals surface area (Å²) in [7, 11) is 1.93. The molecule has 2 heterocycles. The number of aromatic nitrogens is 2. The van der Waals surface area contributed by atoms with E-state index in [2.05, 4.69) is 26.3 Å². The van der Waals surface area contributed by atoms with Gasteiger partial charge in [-0.1, -0.05) is 0 Å². The fourth-order valence-electron chi connectivity index (χ4n) is 2.79. The zero-order valence-electron chi connectivity index (χ0n) is 11.4. The summed E-state index contributed by atoms with van der Waals surface area (Å²) >= 11 is 3.69. The molecule has 1 aromatic heterocycles. The molecule has 0 amide bonds. The summed E-state index contributed by atoms with van der Waals surface area (Å²) in [5.41, 5.74) is 3.08. The second-order valence-corrected chi connectivity index (χ2v) is 6.01. The Hall–Kier alpha value is -1.20. The molecule has 106 valence electrons. The van der Waals surface area contributed by atoms with Crippen LogP contribution in [0, 0.1) is 5.82 Å². The van der Waals surface area contributed by atoms with Crippen LogP contribution in [0.2, 0.25) is 0 Å². The van der Waals surface area contributed by atoms with Crippen molar-refractivity contribution in [1.29, 1.82) is 0 Å². The van der Waals surface area contributed by atoms with Crippen molar-refractivity contribution in [1.82, 2.24) is 15.1 Å². The van der Waals surface area contributed by atoms with E-state index in [1.54, 1.807) is 12.1 Å². The van der Waals surface area contributed by atoms with E-state index in [9.17, 15) is 4.39 Å². The molecule has 1 aromatic carbocycles. The lowest BCUT2D eigenvalue weighted by Gasteiger charge is -2.21. The van der Waals surface area contributed by atoms with Crippen molar-refractivity contribution in [2.45, 2.75) is 18.8 Å². The minimum atomic E-state index is -0.219. The third-order valence-electron chi connectivity index (χ3n) is 3.82. The standard InChI is InChI=1S/C15H17BrFN3/c1-20-15(10-4-6-12(17)7-5-10)13(16)14(19-20)11-3-2-8-18-9-11/h4-7,11,18H,2-3,8-9H2,1H3. The van der Waals surface area contributed by atoms with Crippen molar-refractivity contribution in [3.63, 3.8) is 0 Å². The average molecular weight is 338 g/mol. The van der Waals surface area contributed by atoms with Crippen molar-refractivity contribution in [3.8, 4) is 11.3 Å². The van der Waals surface area contributed by atoms with Crippen LogP contribution < -0.4 is 5.32 Å². The first-order chi connectivity index (χ1) is 9.66. The van der Waals surface area contributed by atoms with Gasteiger partial charge in [0, 0.05) is 25.1 Å². The van der Waals surface area contributed by atoms with Gasteiger partial charge in [0.2, 0.25) is 0 Å². The molecule has 0 radical (unpaired) electrons. The van der Waals surface area contributed by atoms with Crippen LogP contribution in [0.25, 0.3) is 11.3 Å². The Bertz CT molecular complexity index is 600. The average Bonchev–Trinajstić information content (AvgIpc) is 2.76. The maximum absolute atomic E-state index is 13.1. The highest BCUT2D eigenvalue weighted by atomic mass is 79.9. The molecule has 5 heteroatoms. The quantitative estimate of drug-likeness (QED) is 0.909. The Morgan fingerprint density at radius 2 is 2.10 bits per heavy atom. The molecule has 1 atom stereocenters. The molecule has 1 fully saturated rings. The molecule has 0 spiro atoms. The molecule has 0 saturated carbocycles. The minimum Gasteiger partial charge on any atom is -0.316 e. The van der Waals surface area contributed by atoms with Gasteiger partial charge in [0.15, 0.2) is 0 Å². The van der Waals surface area contributed by atoms with Gasteiger partial charge in [0.1, 0.15) is 5.82 Å². The summed E-state index contributed by atoms with van der Waals surface area (Å²) in [6.45, 7) is 2.06. The number of hydrogen-bond donors (Lipinski definition) is 1. The number of rotatable bonds is 2. The van der Waals surface area contributed by atoms with Crippen molar-refractivity contribution < 1.29 is 4.39 Å². The molecule has 2 aromatic rings. The summed E-state index contributed by atoms with van der Waals surface area (Å²) in [6.07, 6.45) is 2.34. The lowest BCUT2D eigenvalue weighted by Crippen LogP contribution is -2.28. The molecule has 3 nitrogen and oxygen atoms in total. The van der Waals surface area contributed by atoms with Crippen LogP contribution in [-0.4, -0.2) is 22.9 Å². The normalized spacial score (nSPS) is 19.2. The lowest BCUT2D eigenvalue weighted by atomic mass is 9.96. The van der Waals surface area contributed by atoms with Gasteiger partial charge in [-0.15, -0.1) is 0 Å². The summed E-state index contributed by atoms with van der Waals surface area (Å²) in [5.74, 6) is 0.224. The van der Waals surface area contributed by atoms with Crippen LogP contribution in [0.4, 0.5) is 4.39 Å². The first-order valence-electron chi connectivity index (χ1n) is 6.86. The summed E-state index contributed by atoms with van der Waals surface area (Å²) < 4.78 is 16.0. The third-order valence-corrected chi connectivity index (χ3v) is 4.60. The molecule has 1 aliphatic heterocycles.